The fourth-order valence-electron chi connectivity index (χ4n) is 14.9. The van der Waals surface area contributed by atoms with Crippen molar-refractivity contribution in [2.45, 2.75) is 101 Å². The second-order valence-electron chi connectivity index (χ2n) is 25.9. The number of carbonyl (C=O) groups is 2. The Labute approximate surface area is 583 Å². The Morgan fingerprint density at radius 1 is 0.663 bits per heavy atom. The van der Waals surface area contributed by atoms with Gasteiger partial charge in [0.2, 0.25) is 0 Å². The lowest BCUT2D eigenvalue weighted by molar-refractivity contribution is -0.143. The van der Waals surface area contributed by atoms with Gasteiger partial charge in [-0.25, -0.2) is 9.78 Å². The standard InChI is InChI=1S/C33H23N7O4.C25H30N2O4.C21H25NO4/c1-43-27-17-25-26(18-28(27)44-2)33(42)39(22-10-13-34-14-11-22)37-30(25)20-9-15-36-29(16-20)40-32(41)24-8-4-3-7-23(24)31(38-40)21-6-5-12-35-19-21;1-5-30-22-13-18-19(14-23(22)31-6-2)24(26-21-11-12-27(3)15-20(18)21)16-7-9-17(10-8-16)25(28)29-4;1-25-17-5-4-16(15-12-21(26-18(15)17)8-2-3-9-21)20(13-22)10-6-14(7-11-20)19(23)24/h3-19H,1-2H3;7-10,13-14,20-21H,5-6,11-12,15H2,1-4H3;4-5,14H,2-3,6-12H2,1H3,(H,23,24)/t;20-,21-;/m.0./s1. The van der Waals surface area contributed by atoms with Gasteiger partial charge in [0.05, 0.1) is 98.5 Å². The molecule has 2 saturated carbocycles. The molecule has 5 aromatic carbocycles. The molecule has 22 nitrogen and oxygen atoms in total. The molecular weight excluding hydrogens is 1280 g/mol. The summed E-state index contributed by atoms with van der Waals surface area (Å²) in [7, 11) is 8.24. The van der Waals surface area contributed by atoms with Crippen molar-refractivity contribution in [1.29, 1.82) is 5.26 Å². The third-order valence-corrected chi connectivity index (χ3v) is 20.0. The van der Waals surface area contributed by atoms with E-state index >= 15 is 0 Å². The van der Waals surface area contributed by atoms with Crippen LogP contribution in [0.15, 0.2) is 167 Å². The van der Waals surface area contributed by atoms with Crippen LogP contribution in [0.2, 0.25) is 0 Å². The molecule has 3 aliphatic heterocycles. The molecule has 516 valence electrons. The van der Waals surface area contributed by atoms with Crippen LogP contribution < -0.4 is 39.5 Å². The smallest absolute Gasteiger partial charge is 0.337 e. The van der Waals surface area contributed by atoms with Gasteiger partial charge in [0.15, 0.2) is 40.3 Å². The summed E-state index contributed by atoms with van der Waals surface area (Å²) >= 11 is 0. The van der Waals surface area contributed by atoms with E-state index in [1.54, 1.807) is 92.7 Å². The summed E-state index contributed by atoms with van der Waals surface area (Å²) < 4.78 is 42.3. The summed E-state index contributed by atoms with van der Waals surface area (Å²) in [5.74, 6) is 3.09. The topological polar surface area (TPSA) is 267 Å². The Morgan fingerprint density at radius 2 is 1.34 bits per heavy atom. The van der Waals surface area contributed by atoms with Crippen molar-refractivity contribution in [1.82, 2.24) is 39.4 Å². The second kappa shape index (κ2) is 29.3. The van der Waals surface area contributed by atoms with E-state index in [9.17, 15) is 29.5 Å². The number of hydrogen-bond acceptors (Lipinski definition) is 19. The molecule has 1 spiro atoms. The molecule has 5 aliphatic rings. The fraction of sp³-hybridized carbons (Fsp3) is 0.329. The predicted molar refractivity (Wildman–Crippen MR) is 382 cm³/mol. The molecule has 0 bridgehead atoms. The van der Waals surface area contributed by atoms with Crippen LogP contribution in [0.25, 0.3) is 55.6 Å². The van der Waals surface area contributed by atoms with E-state index in [0.717, 1.165) is 95.3 Å². The Kier molecular flexibility index (Phi) is 19.8. The maximum Gasteiger partial charge on any atom is 0.337 e. The summed E-state index contributed by atoms with van der Waals surface area (Å²) in [5, 5.41) is 31.0. The highest BCUT2D eigenvalue weighted by atomic mass is 16.5. The van der Waals surface area contributed by atoms with E-state index in [2.05, 4.69) is 45.1 Å². The average molecular weight is 1360 g/mol. The fourth-order valence-corrected chi connectivity index (χ4v) is 14.9. The number of hydrogen-bond donors (Lipinski definition) is 1. The van der Waals surface area contributed by atoms with Crippen molar-refractivity contribution < 1.29 is 47.9 Å². The highest BCUT2D eigenvalue weighted by molar-refractivity contribution is 6.15. The molecule has 8 heterocycles. The van der Waals surface area contributed by atoms with Crippen molar-refractivity contribution in [3.05, 3.63) is 206 Å². The first-order chi connectivity index (χ1) is 49.1. The highest BCUT2D eigenvalue weighted by Crippen LogP contribution is 2.54. The average Bonchev–Trinajstić information content (AvgIpc) is 1.64. The quantitative estimate of drug-likeness (QED) is 0.0934. The molecule has 22 heteroatoms. The van der Waals surface area contributed by atoms with Crippen LogP contribution >= 0.6 is 0 Å². The number of carboxylic acids is 1. The zero-order chi connectivity index (χ0) is 70.5. The van der Waals surface area contributed by atoms with E-state index in [0.29, 0.717) is 106 Å². The van der Waals surface area contributed by atoms with Gasteiger partial charge in [0.25, 0.3) is 11.1 Å². The normalized spacial score (nSPS) is 18.6. The minimum atomic E-state index is -0.746. The zero-order valence-corrected chi connectivity index (χ0v) is 57.5. The number of esters is 1. The number of aromatic nitrogens is 7. The summed E-state index contributed by atoms with van der Waals surface area (Å²) in [6, 6.07) is 39.6. The van der Waals surface area contributed by atoms with Gasteiger partial charge in [0, 0.05) is 88.5 Å². The summed E-state index contributed by atoms with van der Waals surface area (Å²) in [5.41, 5.74) is 8.44. The van der Waals surface area contributed by atoms with Crippen LogP contribution in [-0.4, -0.2) is 136 Å². The molecular formula is C79H78N10O12. The molecule has 2 aliphatic carbocycles. The lowest BCUT2D eigenvalue weighted by Gasteiger charge is -2.39. The first-order valence-corrected chi connectivity index (χ1v) is 34.1. The molecule has 0 unspecified atom stereocenters. The molecule has 5 aromatic heterocycles. The lowest BCUT2D eigenvalue weighted by atomic mass is 9.66. The second-order valence-corrected chi connectivity index (χ2v) is 25.9. The predicted octanol–water partition coefficient (Wildman–Crippen LogP) is 12.5. The number of carbonyl (C=O) groups excluding carboxylic acids is 1. The molecule has 1 saturated heterocycles. The van der Waals surface area contributed by atoms with Crippen LogP contribution in [0.1, 0.15) is 116 Å². The minimum Gasteiger partial charge on any atom is -0.493 e. The van der Waals surface area contributed by atoms with Gasteiger partial charge < -0.3 is 43.2 Å². The highest BCUT2D eigenvalue weighted by Gasteiger charge is 2.48. The van der Waals surface area contributed by atoms with Crippen LogP contribution in [-0.2, 0) is 21.4 Å². The van der Waals surface area contributed by atoms with Gasteiger partial charge >= 0.3 is 11.9 Å². The van der Waals surface area contributed by atoms with Crippen molar-refractivity contribution in [3.8, 4) is 74.6 Å². The third kappa shape index (κ3) is 13.3. The molecule has 10 aromatic rings. The summed E-state index contributed by atoms with van der Waals surface area (Å²) in [4.78, 5) is 71.0. The Balaban J connectivity index is 0.000000141. The Bertz CT molecular complexity index is 4960. The first-order valence-electron chi connectivity index (χ1n) is 34.1. The van der Waals surface area contributed by atoms with Crippen LogP contribution in [0.5, 0.6) is 34.5 Å². The number of fused-ring (bicyclic) bond motifs is 6. The number of nitriles is 1. The molecule has 3 fully saturated rings. The number of ether oxygens (including phenoxy) is 7. The van der Waals surface area contributed by atoms with Gasteiger partial charge in [-0.1, -0.05) is 36.4 Å². The molecule has 101 heavy (non-hydrogen) atoms. The first kappa shape index (κ1) is 68.2. The number of aliphatic imine (C=N–C) groups is 1. The summed E-state index contributed by atoms with van der Waals surface area (Å²) in [6.45, 7) is 7.11. The maximum absolute atomic E-state index is 13.8. The van der Waals surface area contributed by atoms with E-state index < -0.39 is 11.4 Å². The molecule has 2 atom stereocenters. The van der Waals surface area contributed by atoms with Crippen molar-refractivity contribution in [3.63, 3.8) is 0 Å². The van der Waals surface area contributed by atoms with Crippen LogP contribution in [0.4, 0.5) is 0 Å². The molecule has 1 N–H and O–H groups in total. The minimum absolute atomic E-state index is 0.138. The Morgan fingerprint density at radius 3 is 2.00 bits per heavy atom. The third-order valence-electron chi connectivity index (χ3n) is 20.0. The number of rotatable bonds is 15. The number of likely N-dealkylation sites (N-methyl/N-ethyl adjacent to an activating group) is 1. The van der Waals surface area contributed by atoms with Gasteiger partial charge in [-0.05, 0) is 181 Å². The van der Waals surface area contributed by atoms with Crippen molar-refractivity contribution >= 4 is 39.2 Å². The number of methoxy groups -OCH3 is 4. The van der Waals surface area contributed by atoms with E-state index in [4.69, 9.17) is 48.3 Å². The van der Waals surface area contributed by atoms with Gasteiger partial charge in [-0.3, -0.25) is 29.3 Å². The number of benzene rings is 5. The zero-order valence-electron chi connectivity index (χ0n) is 57.5. The monoisotopic (exact) mass is 1360 g/mol. The summed E-state index contributed by atoms with van der Waals surface area (Å²) in [6.07, 6.45) is 16.7. The van der Waals surface area contributed by atoms with E-state index in [1.807, 2.05) is 68.4 Å². The lowest BCUT2D eigenvalue weighted by Crippen LogP contribution is -2.41. The van der Waals surface area contributed by atoms with Gasteiger partial charge in [-0.2, -0.15) is 24.8 Å². The van der Waals surface area contributed by atoms with Crippen molar-refractivity contribution in [2.24, 2.45) is 10.9 Å². The van der Waals surface area contributed by atoms with Crippen LogP contribution in [0.3, 0.4) is 0 Å². The van der Waals surface area contributed by atoms with E-state index in [-0.39, 0.29) is 40.5 Å². The molecule has 15 rings (SSSR count). The number of carboxylic acid groups (broad SMARTS) is 1. The molecule has 0 radical (unpaired) electrons. The SMILES string of the molecule is CCOc1cc2c(cc1OCC)[C@@H]1CN(C)CC[C@@H]1N=C2c1ccc(C(=O)OC)cc1.COc1cc2c(-c3ccnc(-n4nc(-c5cccnc5)c5ccccc5c4=O)c3)nn(-c3ccncc3)c(=O)c2cc1OC.COc1ccc(C2(C#N)CCC(C(=O)O)CC2)c2c1OC1(CCCC1)C2. The van der Waals surface area contributed by atoms with Crippen molar-refractivity contribution in [2.75, 3.05) is 61.8 Å². The Hall–Kier alpha value is -11.3. The van der Waals surface area contributed by atoms with E-state index in [1.165, 1.54) is 49.1 Å². The number of piperidine rings is 1. The maximum atomic E-state index is 13.8. The number of pyridine rings is 3. The largest absolute Gasteiger partial charge is 0.493 e. The van der Waals surface area contributed by atoms with Gasteiger partial charge in [0.1, 0.15) is 11.3 Å². The molecule has 0 amide bonds. The number of nitrogens with zero attached hydrogens (tertiary/aromatic N) is 10. The number of aliphatic carboxylic acids is 1. The van der Waals surface area contributed by atoms with Crippen LogP contribution in [0, 0.1) is 17.2 Å². The van der Waals surface area contributed by atoms with Gasteiger partial charge in [-0.15, -0.1) is 0 Å². The number of likely N-dealkylation sites (tertiary alicyclic amines) is 1.